The van der Waals surface area contributed by atoms with Gasteiger partial charge >= 0.3 is 12.0 Å². The molecule has 0 spiro atoms. The van der Waals surface area contributed by atoms with Crippen LogP contribution in [0.5, 0.6) is 0 Å². The van der Waals surface area contributed by atoms with Crippen LogP contribution >= 0.6 is 0 Å². The molecule has 3 amide bonds. The van der Waals surface area contributed by atoms with Gasteiger partial charge in [-0.05, 0) is 12.8 Å². The van der Waals surface area contributed by atoms with Crippen molar-refractivity contribution in [2.45, 2.75) is 33.7 Å². The first kappa shape index (κ1) is 17.2. The second-order valence-electron chi connectivity index (χ2n) is 4.85. The lowest BCUT2D eigenvalue weighted by Crippen LogP contribution is -2.53. The lowest BCUT2D eigenvalue weighted by atomic mass is 10.0. The van der Waals surface area contributed by atoms with Crippen LogP contribution in [0.3, 0.4) is 0 Å². The third-order valence-electron chi connectivity index (χ3n) is 2.84. The Balaban J connectivity index is 4.87. The van der Waals surface area contributed by atoms with Crippen LogP contribution in [0.2, 0.25) is 0 Å². The van der Waals surface area contributed by atoms with Crippen LogP contribution in [0, 0.1) is 11.8 Å². The van der Waals surface area contributed by atoms with Crippen LogP contribution in [0.25, 0.3) is 0 Å². The number of carbonyl (C=O) groups excluding carboxylic acids is 2. The summed E-state index contributed by atoms with van der Waals surface area (Å²) in [4.78, 5) is 35.4. The minimum absolute atomic E-state index is 0.105. The number of rotatable bonds is 7. The zero-order chi connectivity index (χ0) is 15.2. The van der Waals surface area contributed by atoms with E-state index in [1.54, 1.807) is 20.8 Å². The summed E-state index contributed by atoms with van der Waals surface area (Å²) >= 11 is 0. The summed E-state index contributed by atoms with van der Waals surface area (Å²) < 4.78 is 0. The summed E-state index contributed by atoms with van der Waals surface area (Å²) in [6.07, 6.45) is 0. The van der Waals surface area contributed by atoms with Crippen molar-refractivity contribution in [3.63, 3.8) is 0 Å². The molecule has 0 aliphatic carbocycles. The Labute approximate surface area is 113 Å². The number of amides is 3. The molecule has 0 aliphatic heterocycles. The first-order valence-corrected chi connectivity index (χ1v) is 6.28. The predicted molar refractivity (Wildman–Crippen MR) is 70.4 cm³/mol. The number of carboxylic acid groups (broad SMARTS) is 1. The summed E-state index contributed by atoms with van der Waals surface area (Å²) in [5.41, 5.74) is 5.05. The van der Waals surface area contributed by atoms with Crippen molar-refractivity contribution in [3.8, 4) is 0 Å². The zero-order valence-electron chi connectivity index (χ0n) is 11.8. The molecule has 0 rings (SSSR count). The number of likely N-dealkylation sites (N-methyl/N-ethyl adjacent to an activating group) is 1. The maximum Gasteiger partial charge on any atom is 0.312 e. The summed E-state index contributed by atoms with van der Waals surface area (Å²) in [6, 6.07) is -1.51. The maximum atomic E-state index is 12.3. The molecule has 0 aromatic rings. The zero-order valence-corrected chi connectivity index (χ0v) is 11.8. The second-order valence-corrected chi connectivity index (χ2v) is 4.85. The van der Waals surface area contributed by atoms with E-state index in [4.69, 9.17) is 10.8 Å². The molecule has 0 saturated heterocycles. The van der Waals surface area contributed by atoms with E-state index in [1.807, 2.05) is 0 Å². The summed E-state index contributed by atoms with van der Waals surface area (Å²) in [5.74, 6) is -2.07. The number of nitrogens with one attached hydrogen (secondary N) is 1. The molecule has 0 bridgehead atoms. The molecular weight excluding hydrogens is 250 g/mol. The molecule has 110 valence electrons. The lowest BCUT2D eigenvalue weighted by Gasteiger charge is -2.29. The monoisotopic (exact) mass is 273 g/mol. The molecule has 0 heterocycles. The van der Waals surface area contributed by atoms with Crippen molar-refractivity contribution < 1.29 is 19.5 Å². The number of urea groups is 1. The van der Waals surface area contributed by atoms with Gasteiger partial charge in [0.25, 0.3) is 0 Å². The van der Waals surface area contributed by atoms with Gasteiger partial charge in [-0.15, -0.1) is 0 Å². The van der Waals surface area contributed by atoms with Gasteiger partial charge in [0.2, 0.25) is 5.91 Å². The van der Waals surface area contributed by atoms with Gasteiger partial charge in [-0.3, -0.25) is 9.59 Å². The van der Waals surface area contributed by atoms with E-state index in [9.17, 15) is 14.4 Å². The number of hydrogen-bond acceptors (Lipinski definition) is 3. The Bertz CT molecular complexity index is 344. The summed E-state index contributed by atoms with van der Waals surface area (Å²) in [7, 11) is 0. The second kappa shape index (κ2) is 7.60. The first-order valence-electron chi connectivity index (χ1n) is 6.28. The van der Waals surface area contributed by atoms with Crippen molar-refractivity contribution in [2.24, 2.45) is 17.6 Å². The van der Waals surface area contributed by atoms with Gasteiger partial charge in [-0.1, -0.05) is 20.8 Å². The van der Waals surface area contributed by atoms with E-state index in [2.05, 4.69) is 5.32 Å². The molecule has 2 atom stereocenters. The maximum absolute atomic E-state index is 12.3. The van der Waals surface area contributed by atoms with Gasteiger partial charge in [0.15, 0.2) is 0 Å². The fourth-order valence-corrected chi connectivity index (χ4v) is 1.65. The van der Waals surface area contributed by atoms with Crippen molar-refractivity contribution in [2.75, 3.05) is 13.1 Å². The molecule has 4 N–H and O–H groups in total. The highest BCUT2D eigenvalue weighted by atomic mass is 16.4. The highest BCUT2D eigenvalue weighted by Gasteiger charge is 2.29. The van der Waals surface area contributed by atoms with Crippen LogP contribution in [0.4, 0.5) is 4.79 Å². The fraction of sp³-hybridized carbons (Fsp3) is 0.750. The number of primary amides is 1. The van der Waals surface area contributed by atoms with Gasteiger partial charge in [-0.2, -0.15) is 0 Å². The molecule has 0 aromatic heterocycles. The van der Waals surface area contributed by atoms with Crippen molar-refractivity contribution in [1.29, 1.82) is 0 Å². The number of hydrogen-bond donors (Lipinski definition) is 3. The Hall–Kier alpha value is -1.79. The normalized spacial score (nSPS) is 13.7. The molecule has 0 radical (unpaired) electrons. The number of nitrogens with zero attached hydrogens (tertiary/aromatic N) is 1. The van der Waals surface area contributed by atoms with Crippen LogP contribution in [-0.2, 0) is 9.59 Å². The molecule has 0 aromatic carbocycles. The van der Waals surface area contributed by atoms with E-state index in [0.29, 0.717) is 6.54 Å². The van der Waals surface area contributed by atoms with Crippen molar-refractivity contribution in [3.05, 3.63) is 0 Å². The Morgan fingerprint density at radius 3 is 2.11 bits per heavy atom. The van der Waals surface area contributed by atoms with Crippen molar-refractivity contribution >= 4 is 17.9 Å². The lowest BCUT2D eigenvalue weighted by molar-refractivity contribution is -0.143. The third-order valence-corrected chi connectivity index (χ3v) is 2.84. The number of nitrogens with two attached hydrogens (primary N) is 1. The standard InChI is InChI=1S/C12H23N3O4/c1-5-15(6-8(4)11(17)18)10(16)9(7(2)3)14-12(13)19/h7-9H,5-6H2,1-4H3,(H,17,18)(H3,13,14,19). The first-order chi connectivity index (χ1) is 8.70. The summed E-state index contributed by atoms with van der Waals surface area (Å²) in [6.45, 7) is 7.34. The Kier molecular flexibility index (Phi) is 6.89. The van der Waals surface area contributed by atoms with Gasteiger partial charge in [0.1, 0.15) is 6.04 Å². The van der Waals surface area contributed by atoms with Gasteiger partial charge in [0, 0.05) is 13.1 Å². The van der Waals surface area contributed by atoms with Gasteiger partial charge in [0.05, 0.1) is 5.92 Å². The Morgan fingerprint density at radius 1 is 1.26 bits per heavy atom. The van der Waals surface area contributed by atoms with E-state index in [1.165, 1.54) is 11.8 Å². The minimum atomic E-state index is -0.963. The number of aliphatic carboxylic acids is 1. The van der Waals surface area contributed by atoms with E-state index >= 15 is 0 Å². The molecule has 7 nitrogen and oxygen atoms in total. The molecule has 0 fully saturated rings. The Morgan fingerprint density at radius 2 is 1.79 bits per heavy atom. The molecule has 0 aliphatic rings. The quantitative estimate of drug-likeness (QED) is 0.617. The molecule has 7 heteroatoms. The highest BCUT2D eigenvalue weighted by molar-refractivity contribution is 5.87. The topological polar surface area (TPSA) is 113 Å². The highest BCUT2D eigenvalue weighted by Crippen LogP contribution is 2.09. The fourth-order valence-electron chi connectivity index (χ4n) is 1.65. The van der Waals surface area contributed by atoms with Crippen LogP contribution in [-0.4, -0.2) is 47.0 Å². The predicted octanol–water partition coefficient (Wildman–Crippen LogP) is 0.249. The minimum Gasteiger partial charge on any atom is -0.481 e. The summed E-state index contributed by atoms with van der Waals surface area (Å²) in [5, 5.41) is 11.3. The smallest absolute Gasteiger partial charge is 0.312 e. The van der Waals surface area contributed by atoms with Crippen LogP contribution in [0.1, 0.15) is 27.7 Å². The molecule has 2 unspecified atom stereocenters. The van der Waals surface area contributed by atoms with Gasteiger partial charge in [-0.25, -0.2) is 4.79 Å². The third kappa shape index (κ3) is 5.58. The number of carboxylic acids is 1. The van der Waals surface area contributed by atoms with Crippen LogP contribution in [0.15, 0.2) is 0 Å². The average Bonchev–Trinajstić information content (AvgIpc) is 2.31. The van der Waals surface area contributed by atoms with Crippen LogP contribution < -0.4 is 11.1 Å². The molecular formula is C12H23N3O4. The van der Waals surface area contributed by atoms with E-state index < -0.39 is 24.0 Å². The number of carbonyl (C=O) groups is 3. The molecule has 0 saturated carbocycles. The van der Waals surface area contributed by atoms with Gasteiger partial charge < -0.3 is 21.1 Å². The van der Waals surface area contributed by atoms with E-state index in [-0.39, 0.29) is 18.4 Å². The SMILES string of the molecule is CCN(CC(C)C(=O)O)C(=O)C(NC(N)=O)C(C)C. The van der Waals surface area contributed by atoms with Crippen molar-refractivity contribution in [1.82, 2.24) is 10.2 Å². The van der Waals surface area contributed by atoms with E-state index in [0.717, 1.165) is 0 Å². The average molecular weight is 273 g/mol. The largest absolute Gasteiger partial charge is 0.481 e. The molecule has 19 heavy (non-hydrogen) atoms.